The molecule has 0 bridgehead atoms. The van der Waals surface area contributed by atoms with Crippen LogP contribution < -0.4 is 4.90 Å². The van der Waals surface area contributed by atoms with Crippen LogP contribution in [0.1, 0.15) is 31.0 Å². The Bertz CT molecular complexity index is 582. The second-order valence-electron chi connectivity index (χ2n) is 7.92. The maximum atomic E-state index is 5.50. The van der Waals surface area contributed by atoms with E-state index in [1.807, 2.05) is 0 Å². The van der Waals surface area contributed by atoms with Gasteiger partial charge < -0.3 is 19.4 Å². The van der Waals surface area contributed by atoms with Crippen molar-refractivity contribution in [2.45, 2.75) is 32.6 Å². The normalized spacial score (nSPS) is 23.7. The van der Waals surface area contributed by atoms with E-state index in [4.69, 9.17) is 14.7 Å². The standard InChI is InChI=1S/C20H33N5O/c1-2-23-9-11-25(12-10-23)20-21-15-18-3-7-24(8-4-19(18)22-20)16-17-5-13-26-14-6-17/h15,17H,2-14,16H2,1H3. The summed E-state index contributed by atoms with van der Waals surface area (Å²) in [5, 5.41) is 0. The molecule has 144 valence electrons. The summed E-state index contributed by atoms with van der Waals surface area (Å²) in [6.45, 7) is 13.1. The zero-order valence-electron chi connectivity index (χ0n) is 16.2. The molecule has 3 aliphatic heterocycles. The van der Waals surface area contributed by atoms with Gasteiger partial charge in [0.25, 0.3) is 0 Å². The molecule has 0 spiro atoms. The third-order valence-electron chi connectivity index (χ3n) is 6.26. The van der Waals surface area contributed by atoms with Gasteiger partial charge in [-0.15, -0.1) is 0 Å². The van der Waals surface area contributed by atoms with E-state index in [1.165, 1.54) is 30.6 Å². The lowest BCUT2D eigenvalue weighted by molar-refractivity contribution is 0.0530. The highest BCUT2D eigenvalue weighted by Gasteiger charge is 2.23. The summed E-state index contributed by atoms with van der Waals surface area (Å²) in [7, 11) is 0. The average Bonchev–Trinajstić information content (AvgIpc) is 2.91. The molecule has 0 N–H and O–H groups in total. The van der Waals surface area contributed by atoms with E-state index in [1.54, 1.807) is 0 Å². The lowest BCUT2D eigenvalue weighted by Gasteiger charge is -2.34. The predicted molar refractivity (Wildman–Crippen MR) is 104 cm³/mol. The Kier molecular flexibility index (Phi) is 6.02. The Morgan fingerprint density at radius 1 is 1.00 bits per heavy atom. The lowest BCUT2D eigenvalue weighted by Crippen LogP contribution is -2.46. The van der Waals surface area contributed by atoms with Crippen LogP contribution in [0.15, 0.2) is 6.20 Å². The van der Waals surface area contributed by atoms with E-state index in [0.29, 0.717) is 0 Å². The fourth-order valence-electron chi connectivity index (χ4n) is 4.40. The number of piperazine rings is 1. The molecule has 0 atom stereocenters. The predicted octanol–water partition coefficient (Wildman–Crippen LogP) is 1.45. The molecular formula is C20H33N5O. The number of likely N-dealkylation sites (N-methyl/N-ethyl adjacent to an activating group) is 1. The van der Waals surface area contributed by atoms with E-state index >= 15 is 0 Å². The molecule has 2 fully saturated rings. The Morgan fingerprint density at radius 3 is 2.54 bits per heavy atom. The van der Waals surface area contributed by atoms with E-state index in [0.717, 1.165) is 83.7 Å². The molecule has 3 aliphatic rings. The van der Waals surface area contributed by atoms with E-state index in [9.17, 15) is 0 Å². The average molecular weight is 360 g/mol. The number of nitrogens with zero attached hydrogens (tertiary/aromatic N) is 5. The number of anilines is 1. The molecule has 4 rings (SSSR count). The highest BCUT2D eigenvalue weighted by Crippen LogP contribution is 2.21. The minimum Gasteiger partial charge on any atom is -0.381 e. The summed E-state index contributed by atoms with van der Waals surface area (Å²) in [5.74, 6) is 1.75. The highest BCUT2D eigenvalue weighted by molar-refractivity contribution is 5.34. The van der Waals surface area contributed by atoms with Gasteiger partial charge >= 0.3 is 0 Å². The fourth-order valence-corrected chi connectivity index (χ4v) is 4.40. The Morgan fingerprint density at radius 2 is 1.77 bits per heavy atom. The van der Waals surface area contributed by atoms with Crippen LogP contribution in [-0.2, 0) is 17.6 Å². The number of hydrogen-bond donors (Lipinski definition) is 0. The van der Waals surface area contributed by atoms with Crippen LogP contribution in [0.3, 0.4) is 0 Å². The molecule has 2 saturated heterocycles. The van der Waals surface area contributed by atoms with Gasteiger partial charge in [-0.1, -0.05) is 6.92 Å². The van der Waals surface area contributed by atoms with Crippen LogP contribution in [-0.4, -0.2) is 85.3 Å². The van der Waals surface area contributed by atoms with Crippen molar-refractivity contribution in [1.29, 1.82) is 0 Å². The first-order valence-electron chi connectivity index (χ1n) is 10.4. The molecule has 0 aromatic carbocycles. The van der Waals surface area contributed by atoms with E-state index in [2.05, 4.69) is 27.8 Å². The lowest BCUT2D eigenvalue weighted by atomic mass is 9.99. The number of ether oxygens (including phenoxy) is 1. The minimum absolute atomic E-state index is 0.807. The van der Waals surface area contributed by atoms with E-state index in [-0.39, 0.29) is 0 Å². The van der Waals surface area contributed by atoms with Gasteiger partial charge in [-0.05, 0) is 37.3 Å². The molecule has 0 unspecified atom stereocenters. The molecular weight excluding hydrogens is 326 g/mol. The van der Waals surface area contributed by atoms with Crippen molar-refractivity contribution in [3.05, 3.63) is 17.5 Å². The van der Waals surface area contributed by atoms with Gasteiger partial charge in [0, 0.05) is 71.6 Å². The number of hydrogen-bond acceptors (Lipinski definition) is 6. The number of aromatic nitrogens is 2. The van der Waals surface area contributed by atoms with Crippen molar-refractivity contribution >= 4 is 5.95 Å². The molecule has 6 nitrogen and oxygen atoms in total. The summed E-state index contributed by atoms with van der Waals surface area (Å²) in [5.41, 5.74) is 2.64. The number of rotatable bonds is 4. The summed E-state index contributed by atoms with van der Waals surface area (Å²) in [6.07, 6.45) is 6.68. The van der Waals surface area contributed by atoms with Crippen molar-refractivity contribution in [3.8, 4) is 0 Å². The summed E-state index contributed by atoms with van der Waals surface area (Å²) < 4.78 is 5.50. The first-order valence-corrected chi connectivity index (χ1v) is 10.4. The van der Waals surface area contributed by atoms with E-state index < -0.39 is 0 Å². The van der Waals surface area contributed by atoms with Gasteiger partial charge in [-0.25, -0.2) is 9.97 Å². The van der Waals surface area contributed by atoms with Crippen molar-refractivity contribution in [2.24, 2.45) is 5.92 Å². The van der Waals surface area contributed by atoms with Crippen molar-refractivity contribution in [3.63, 3.8) is 0 Å². The molecule has 4 heterocycles. The topological polar surface area (TPSA) is 44.7 Å². The summed E-state index contributed by atoms with van der Waals surface area (Å²) in [6, 6.07) is 0. The molecule has 0 saturated carbocycles. The fraction of sp³-hybridized carbons (Fsp3) is 0.800. The zero-order valence-corrected chi connectivity index (χ0v) is 16.2. The quantitative estimate of drug-likeness (QED) is 0.811. The van der Waals surface area contributed by atoms with Crippen LogP contribution in [0, 0.1) is 5.92 Å². The van der Waals surface area contributed by atoms with Gasteiger partial charge in [0.15, 0.2) is 0 Å². The van der Waals surface area contributed by atoms with Crippen LogP contribution in [0.2, 0.25) is 0 Å². The Hall–Kier alpha value is -1.24. The van der Waals surface area contributed by atoms with Gasteiger partial charge in [0.05, 0.1) is 5.69 Å². The number of fused-ring (bicyclic) bond motifs is 1. The summed E-state index contributed by atoms with van der Waals surface area (Å²) >= 11 is 0. The second-order valence-corrected chi connectivity index (χ2v) is 7.92. The van der Waals surface area contributed by atoms with Crippen LogP contribution in [0.4, 0.5) is 5.95 Å². The van der Waals surface area contributed by atoms with Crippen molar-refractivity contribution < 1.29 is 4.74 Å². The largest absolute Gasteiger partial charge is 0.381 e. The molecule has 0 radical (unpaired) electrons. The van der Waals surface area contributed by atoms with Gasteiger partial charge in [-0.2, -0.15) is 0 Å². The molecule has 1 aromatic rings. The SMILES string of the molecule is CCN1CCN(c2ncc3c(n2)CCN(CC2CCOCC2)CC3)CC1. The smallest absolute Gasteiger partial charge is 0.225 e. The Balaban J connectivity index is 1.36. The van der Waals surface area contributed by atoms with Crippen LogP contribution in [0.5, 0.6) is 0 Å². The second kappa shape index (κ2) is 8.63. The molecule has 0 amide bonds. The van der Waals surface area contributed by atoms with Gasteiger partial charge in [0.2, 0.25) is 5.95 Å². The monoisotopic (exact) mass is 359 g/mol. The molecule has 1 aromatic heterocycles. The minimum atomic E-state index is 0.807. The van der Waals surface area contributed by atoms with Crippen molar-refractivity contribution in [2.75, 3.05) is 70.5 Å². The third kappa shape index (κ3) is 4.35. The van der Waals surface area contributed by atoms with Crippen LogP contribution in [0.25, 0.3) is 0 Å². The summed E-state index contributed by atoms with van der Waals surface area (Å²) in [4.78, 5) is 17.2. The first kappa shape index (κ1) is 18.1. The highest BCUT2D eigenvalue weighted by atomic mass is 16.5. The van der Waals surface area contributed by atoms with Gasteiger partial charge in [-0.3, -0.25) is 0 Å². The molecule has 26 heavy (non-hydrogen) atoms. The first-order chi connectivity index (χ1) is 12.8. The maximum Gasteiger partial charge on any atom is 0.225 e. The van der Waals surface area contributed by atoms with Crippen LogP contribution >= 0.6 is 0 Å². The zero-order chi connectivity index (χ0) is 17.8. The maximum absolute atomic E-state index is 5.50. The third-order valence-corrected chi connectivity index (χ3v) is 6.26. The molecule has 0 aliphatic carbocycles. The van der Waals surface area contributed by atoms with Gasteiger partial charge in [0.1, 0.15) is 0 Å². The molecule has 6 heteroatoms. The Labute approximate surface area is 157 Å². The van der Waals surface area contributed by atoms with Crippen molar-refractivity contribution in [1.82, 2.24) is 19.8 Å².